The molecule has 2 aliphatic rings. The molecule has 23 heavy (non-hydrogen) atoms. The monoisotopic (exact) mass is 369 g/mol. The molecule has 2 heterocycles. The Morgan fingerprint density at radius 1 is 1.22 bits per heavy atom. The zero-order valence-electron chi connectivity index (χ0n) is 14.7. The van der Waals surface area contributed by atoms with Crippen LogP contribution in [0.3, 0.4) is 0 Å². The van der Waals surface area contributed by atoms with Crippen LogP contribution in [0.1, 0.15) is 25.7 Å². The highest BCUT2D eigenvalue weighted by Crippen LogP contribution is 2.33. The summed E-state index contributed by atoms with van der Waals surface area (Å²) in [6, 6.07) is 0. The van der Waals surface area contributed by atoms with Crippen molar-refractivity contribution in [3.8, 4) is 0 Å². The van der Waals surface area contributed by atoms with Crippen LogP contribution < -0.4 is 5.32 Å². The van der Waals surface area contributed by atoms with E-state index in [-0.39, 0.29) is 30.2 Å². The van der Waals surface area contributed by atoms with Crippen molar-refractivity contribution in [2.45, 2.75) is 25.7 Å². The maximum Gasteiger partial charge on any atom is 0.231 e. The van der Waals surface area contributed by atoms with Crippen LogP contribution in [0.15, 0.2) is 0 Å². The van der Waals surface area contributed by atoms with Gasteiger partial charge in [-0.05, 0) is 58.8 Å². The number of halogens is 2. The van der Waals surface area contributed by atoms with Crippen molar-refractivity contribution in [3.63, 3.8) is 0 Å². The molecular formula is C16H33Cl2N3O2. The van der Waals surface area contributed by atoms with Gasteiger partial charge in [0.2, 0.25) is 5.91 Å². The fraction of sp³-hybridized carbons (Fsp3) is 0.938. The third kappa shape index (κ3) is 6.05. The number of rotatable bonds is 5. The zero-order valence-corrected chi connectivity index (χ0v) is 16.3. The summed E-state index contributed by atoms with van der Waals surface area (Å²) in [4.78, 5) is 17.3. The predicted molar refractivity (Wildman–Crippen MR) is 98.8 cm³/mol. The Morgan fingerprint density at radius 2 is 1.78 bits per heavy atom. The highest BCUT2D eigenvalue weighted by molar-refractivity contribution is 5.85. The van der Waals surface area contributed by atoms with Gasteiger partial charge in [-0.15, -0.1) is 24.8 Å². The van der Waals surface area contributed by atoms with Gasteiger partial charge < -0.3 is 19.9 Å². The highest BCUT2D eigenvalue weighted by Gasteiger charge is 2.42. The fourth-order valence-electron chi connectivity index (χ4n) is 3.77. The Labute approximate surface area is 153 Å². The Balaban J connectivity index is 0.00000242. The number of ether oxygens (including phenoxy) is 1. The van der Waals surface area contributed by atoms with E-state index in [9.17, 15) is 4.79 Å². The molecule has 0 saturated carbocycles. The van der Waals surface area contributed by atoms with Crippen molar-refractivity contribution < 1.29 is 9.53 Å². The van der Waals surface area contributed by atoms with Crippen LogP contribution in [0.4, 0.5) is 0 Å². The molecule has 0 aliphatic carbocycles. The minimum Gasteiger partial charge on any atom is -0.384 e. The molecule has 0 spiro atoms. The second-order valence-corrected chi connectivity index (χ2v) is 6.96. The third-order valence-corrected chi connectivity index (χ3v) is 4.96. The highest BCUT2D eigenvalue weighted by atomic mass is 35.5. The maximum atomic E-state index is 13.0. The van der Waals surface area contributed by atoms with Crippen molar-refractivity contribution in [2.24, 2.45) is 11.3 Å². The zero-order chi connectivity index (χ0) is 15.3. The van der Waals surface area contributed by atoms with Crippen molar-refractivity contribution in [1.82, 2.24) is 15.1 Å². The van der Waals surface area contributed by atoms with Crippen molar-refractivity contribution >= 4 is 30.7 Å². The van der Waals surface area contributed by atoms with Gasteiger partial charge in [0.05, 0.1) is 12.0 Å². The topological polar surface area (TPSA) is 44.8 Å². The third-order valence-electron chi connectivity index (χ3n) is 4.96. The van der Waals surface area contributed by atoms with E-state index in [2.05, 4.69) is 29.2 Å². The van der Waals surface area contributed by atoms with Crippen molar-refractivity contribution in [1.29, 1.82) is 0 Å². The minimum absolute atomic E-state index is 0. The number of methoxy groups -OCH3 is 1. The fourth-order valence-corrected chi connectivity index (χ4v) is 3.77. The SMILES string of the molecule is COCC1(C(=O)N2CCC(CN(C)C)CC2)CCNCC1.Cl.Cl. The van der Waals surface area contributed by atoms with E-state index in [1.165, 1.54) is 0 Å². The molecule has 0 aromatic rings. The first-order valence-corrected chi connectivity index (χ1v) is 8.21. The lowest BCUT2D eigenvalue weighted by Gasteiger charge is -2.42. The smallest absolute Gasteiger partial charge is 0.231 e. The second kappa shape index (κ2) is 10.7. The number of nitrogens with one attached hydrogen (secondary N) is 1. The molecule has 0 bridgehead atoms. The summed E-state index contributed by atoms with van der Waals surface area (Å²) in [5.74, 6) is 1.06. The molecule has 0 unspecified atom stereocenters. The number of hydrogen-bond donors (Lipinski definition) is 1. The minimum atomic E-state index is -0.283. The molecule has 2 rings (SSSR count). The molecular weight excluding hydrogens is 337 g/mol. The largest absolute Gasteiger partial charge is 0.384 e. The summed E-state index contributed by atoms with van der Waals surface area (Å²) >= 11 is 0. The molecule has 0 radical (unpaired) electrons. The summed E-state index contributed by atoms with van der Waals surface area (Å²) in [5, 5.41) is 3.35. The number of carbonyl (C=O) groups excluding carboxylic acids is 1. The van der Waals surface area contributed by atoms with Crippen LogP contribution in [0.2, 0.25) is 0 Å². The Kier molecular flexibility index (Phi) is 10.7. The number of amides is 1. The molecule has 1 amide bonds. The number of carbonyl (C=O) groups is 1. The van der Waals surface area contributed by atoms with Crippen LogP contribution in [0.25, 0.3) is 0 Å². The van der Waals surface area contributed by atoms with E-state index in [0.29, 0.717) is 12.5 Å². The van der Waals surface area contributed by atoms with Gasteiger partial charge in [-0.25, -0.2) is 0 Å². The van der Waals surface area contributed by atoms with E-state index in [1.807, 2.05) is 0 Å². The lowest BCUT2D eigenvalue weighted by atomic mass is 9.77. The van der Waals surface area contributed by atoms with Gasteiger partial charge in [-0.3, -0.25) is 4.79 Å². The molecule has 5 nitrogen and oxygen atoms in total. The number of piperidine rings is 2. The maximum absolute atomic E-state index is 13.0. The molecule has 0 aromatic carbocycles. The van der Waals surface area contributed by atoms with E-state index < -0.39 is 0 Å². The predicted octanol–water partition coefficient (Wildman–Crippen LogP) is 1.65. The molecule has 0 aromatic heterocycles. The first-order valence-electron chi connectivity index (χ1n) is 8.21. The lowest BCUT2D eigenvalue weighted by molar-refractivity contribution is -0.149. The normalized spacial score (nSPS) is 21.5. The molecule has 138 valence electrons. The van der Waals surface area contributed by atoms with Crippen molar-refractivity contribution in [3.05, 3.63) is 0 Å². The quantitative estimate of drug-likeness (QED) is 0.799. The van der Waals surface area contributed by atoms with Gasteiger partial charge in [0.1, 0.15) is 0 Å². The average molecular weight is 370 g/mol. The summed E-state index contributed by atoms with van der Waals surface area (Å²) in [6.45, 7) is 5.37. The van der Waals surface area contributed by atoms with Gasteiger partial charge >= 0.3 is 0 Å². The summed E-state index contributed by atoms with van der Waals surface area (Å²) in [5.41, 5.74) is -0.283. The van der Waals surface area contributed by atoms with Gasteiger partial charge in [0, 0.05) is 26.7 Å². The first-order chi connectivity index (χ1) is 10.1. The number of likely N-dealkylation sites (tertiary alicyclic amines) is 1. The van der Waals surface area contributed by atoms with Gasteiger partial charge in [0.25, 0.3) is 0 Å². The lowest BCUT2D eigenvalue weighted by Crippen LogP contribution is -2.53. The number of nitrogens with zero attached hydrogens (tertiary/aromatic N) is 2. The number of hydrogen-bond acceptors (Lipinski definition) is 4. The van der Waals surface area contributed by atoms with Crippen LogP contribution in [-0.2, 0) is 9.53 Å². The van der Waals surface area contributed by atoms with Gasteiger partial charge in [-0.2, -0.15) is 0 Å². The molecule has 2 fully saturated rings. The van der Waals surface area contributed by atoms with E-state index >= 15 is 0 Å². The Morgan fingerprint density at radius 3 is 2.26 bits per heavy atom. The summed E-state index contributed by atoms with van der Waals surface area (Å²) in [7, 11) is 5.96. The van der Waals surface area contributed by atoms with Gasteiger partial charge in [0.15, 0.2) is 0 Å². The standard InChI is InChI=1S/C16H31N3O2.2ClH/c1-18(2)12-14-4-10-19(11-5-14)15(20)16(13-21-3)6-8-17-9-7-16;;/h14,17H,4-13H2,1-3H3;2*1H. The Hall–Kier alpha value is -0.0700. The van der Waals surface area contributed by atoms with Crippen LogP contribution in [-0.4, -0.2) is 76.2 Å². The molecule has 0 atom stereocenters. The second-order valence-electron chi connectivity index (χ2n) is 6.96. The average Bonchev–Trinajstić information content (AvgIpc) is 2.48. The first kappa shape index (κ1) is 22.9. The van der Waals surface area contributed by atoms with E-state index in [1.54, 1.807) is 7.11 Å². The van der Waals surface area contributed by atoms with Crippen LogP contribution in [0, 0.1) is 11.3 Å². The Bertz CT molecular complexity index is 337. The molecule has 7 heteroatoms. The molecule has 2 aliphatic heterocycles. The molecule has 1 N–H and O–H groups in total. The van der Waals surface area contributed by atoms with Gasteiger partial charge in [-0.1, -0.05) is 0 Å². The summed E-state index contributed by atoms with van der Waals surface area (Å²) < 4.78 is 5.39. The molecule has 2 saturated heterocycles. The van der Waals surface area contributed by atoms with E-state index in [0.717, 1.165) is 64.3 Å². The van der Waals surface area contributed by atoms with Crippen molar-refractivity contribution in [2.75, 3.05) is 60.5 Å². The van der Waals surface area contributed by atoms with E-state index in [4.69, 9.17) is 4.74 Å². The van der Waals surface area contributed by atoms with Crippen LogP contribution in [0.5, 0.6) is 0 Å². The van der Waals surface area contributed by atoms with Crippen LogP contribution >= 0.6 is 24.8 Å². The summed E-state index contributed by atoms with van der Waals surface area (Å²) in [6.07, 6.45) is 4.06.